The molecule has 2 N–H and O–H groups in total. The third-order valence-corrected chi connectivity index (χ3v) is 4.27. The van der Waals surface area contributed by atoms with Crippen molar-refractivity contribution >= 4 is 22.6 Å². The molecule has 0 bridgehead atoms. The van der Waals surface area contributed by atoms with Gasteiger partial charge >= 0.3 is 0 Å². The van der Waals surface area contributed by atoms with Crippen molar-refractivity contribution in [1.29, 1.82) is 0 Å². The molecule has 0 saturated carbocycles. The zero-order chi connectivity index (χ0) is 19.3. The predicted molar refractivity (Wildman–Crippen MR) is 102 cm³/mol. The number of nitrogens with zero attached hydrogens (tertiary/aromatic N) is 4. The van der Waals surface area contributed by atoms with Gasteiger partial charge in [0.25, 0.3) is 5.91 Å². The van der Waals surface area contributed by atoms with Gasteiger partial charge in [0.05, 0.1) is 12.1 Å². The summed E-state index contributed by atoms with van der Waals surface area (Å²) in [6.45, 7) is 0. The van der Waals surface area contributed by atoms with Gasteiger partial charge in [-0.25, -0.2) is 4.68 Å². The molecule has 8 heteroatoms. The van der Waals surface area contributed by atoms with Crippen LogP contribution in [-0.2, 0) is 11.2 Å². The Balaban J connectivity index is 1.41. The predicted octanol–water partition coefficient (Wildman–Crippen LogP) is 1.82. The van der Waals surface area contributed by atoms with Crippen LogP contribution in [0.3, 0.4) is 0 Å². The lowest BCUT2D eigenvalue weighted by molar-refractivity contribution is -0.121. The summed E-state index contributed by atoms with van der Waals surface area (Å²) in [5.41, 5.74) is 6.81. The van der Waals surface area contributed by atoms with E-state index in [9.17, 15) is 9.59 Å². The fourth-order valence-electron chi connectivity index (χ4n) is 2.93. The van der Waals surface area contributed by atoms with E-state index in [1.54, 1.807) is 24.3 Å². The fourth-order valence-corrected chi connectivity index (χ4v) is 2.93. The van der Waals surface area contributed by atoms with Crippen molar-refractivity contribution < 1.29 is 9.59 Å². The standard InChI is InChI=1S/C20H16N6O2/c27-19(12-15-7-3-6-14-5-1-2-10-18(14)15)22-23-20(28)16-8-4-9-17(11-16)26-13-21-24-25-26/h1-11,13H,12H2,(H,22,27)(H,23,28). The number of amides is 2. The molecule has 8 nitrogen and oxygen atoms in total. The summed E-state index contributed by atoms with van der Waals surface area (Å²) in [6, 6.07) is 20.4. The Morgan fingerprint density at radius 3 is 2.61 bits per heavy atom. The Labute approximate surface area is 160 Å². The molecule has 0 aliphatic heterocycles. The van der Waals surface area contributed by atoms with E-state index in [2.05, 4.69) is 26.4 Å². The molecule has 0 spiro atoms. The highest BCUT2D eigenvalue weighted by atomic mass is 16.2. The van der Waals surface area contributed by atoms with Gasteiger partial charge in [0.1, 0.15) is 6.33 Å². The number of nitrogens with one attached hydrogen (secondary N) is 2. The van der Waals surface area contributed by atoms with E-state index < -0.39 is 5.91 Å². The molecule has 28 heavy (non-hydrogen) atoms. The molecule has 0 fully saturated rings. The highest BCUT2D eigenvalue weighted by molar-refractivity contribution is 5.96. The summed E-state index contributed by atoms with van der Waals surface area (Å²) in [5.74, 6) is -0.734. The fraction of sp³-hybridized carbons (Fsp3) is 0.0500. The van der Waals surface area contributed by atoms with Crippen molar-refractivity contribution in [2.75, 3.05) is 0 Å². The highest BCUT2D eigenvalue weighted by Crippen LogP contribution is 2.18. The van der Waals surface area contributed by atoms with Gasteiger partial charge in [-0.15, -0.1) is 5.10 Å². The molecule has 3 aromatic carbocycles. The lowest BCUT2D eigenvalue weighted by Gasteiger charge is -2.10. The SMILES string of the molecule is O=C(Cc1cccc2ccccc12)NNC(=O)c1cccc(-n2cnnn2)c1. The van der Waals surface area contributed by atoms with Crippen molar-refractivity contribution in [1.82, 2.24) is 31.1 Å². The van der Waals surface area contributed by atoms with Gasteiger partial charge in [-0.1, -0.05) is 48.5 Å². The first-order valence-electron chi connectivity index (χ1n) is 8.60. The first-order valence-corrected chi connectivity index (χ1v) is 8.60. The van der Waals surface area contributed by atoms with Crippen LogP contribution in [-0.4, -0.2) is 32.0 Å². The van der Waals surface area contributed by atoms with Crippen molar-refractivity contribution in [3.05, 3.63) is 84.2 Å². The monoisotopic (exact) mass is 372 g/mol. The Bertz CT molecular complexity index is 1140. The molecule has 0 aliphatic rings. The molecule has 0 aliphatic carbocycles. The van der Waals surface area contributed by atoms with Gasteiger partial charge in [0, 0.05) is 5.56 Å². The molecule has 1 aromatic heterocycles. The Kier molecular flexibility index (Phi) is 4.75. The summed E-state index contributed by atoms with van der Waals surface area (Å²) < 4.78 is 1.44. The number of fused-ring (bicyclic) bond motifs is 1. The summed E-state index contributed by atoms with van der Waals surface area (Å²) >= 11 is 0. The van der Waals surface area contributed by atoms with Gasteiger partial charge in [-0.3, -0.25) is 20.4 Å². The van der Waals surface area contributed by atoms with Gasteiger partial charge in [-0.2, -0.15) is 0 Å². The summed E-state index contributed by atoms with van der Waals surface area (Å²) in [6.07, 6.45) is 1.59. The molecular formula is C20H16N6O2. The number of carbonyl (C=O) groups is 2. The topological polar surface area (TPSA) is 102 Å². The van der Waals surface area contributed by atoms with E-state index in [0.29, 0.717) is 11.3 Å². The summed E-state index contributed by atoms with van der Waals surface area (Å²) in [4.78, 5) is 24.6. The molecule has 1 heterocycles. The van der Waals surface area contributed by atoms with Gasteiger partial charge in [0.2, 0.25) is 5.91 Å². The molecule has 0 atom stereocenters. The van der Waals surface area contributed by atoms with Crippen LogP contribution < -0.4 is 10.9 Å². The molecule has 0 radical (unpaired) electrons. The molecule has 138 valence electrons. The normalized spacial score (nSPS) is 10.6. The maximum Gasteiger partial charge on any atom is 0.269 e. The van der Waals surface area contributed by atoms with Crippen molar-refractivity contribution in [3.8, 4) is 5.69 Å². The maximum atomic E-state index is 12.3. The van der Waals surface area contributed by atoms with Gasteiger partial charge in [-0.05, 0) is 45.0 Å². The van der Waals surface area contributed by atoms with Gasteiger partial charge < -0.3 is 0 Å². The van der Waals surface area contributed by atoms with Crippen LogP contribution in [0, 0.1) is 0 Å². The number of hydrogen-bond acceptors (Lipinski definition) is 5. The van der Waals surface area contributed by atoms with E-state index in [4.69, 9.17) is 0 Å². The molecule has 4 aromatic rings. The van der Waals surface area contributed by atoms with Crippen LogP contribution in [0.5, 0.6) is 0 Å². The summed E-state index contributed by atoms with van der Waals surface area (Å²) in [5, 5.41) is 13.0. The maximum absolute atomic E-state index is 12.3. The third kappa shape index (κ3) is 3.70. The number of hydrogen-bond donors (Lipinski definition) is 2. The number of carbonyl (C=O) groups excluding carboxylic acids is 2. The number of rotatable bonds is 4. The van der Waals surface area contributed by atoms with Crippen molar-refractivity contribution in [3.63, 3.8) is 0 Å². The second-order valence-corrected chi connectivity index (χ2v) is 6.12. The quantitative estimate of drug-likeness (QED) is 0.532. The summed E-state index contributed by atoms with van der Waals surface area (Å²) in [7, 11) is 0. The van der Waals surface area contributed by atoms with Crippen molar-refractivity contribution in [2.24, 2.45) is 0 Å². The first kappa shape index (κ1) is 17.3. The Morgan fingerprint density at radius 2 is 1.75 bits per heavy atom. The zero-order valence-corrected chi connectivity index (χ0v) is 14.7. The Morgan fingerprint density at radius 1 is 0.929 bits per heavy atom. The van der Waals surface area contributed by atoms with Crippen molar-refractivity contribution in [2.45, 2.75) is 6.42 Å². The molecular weight excluding hydrogens is 356 g/mol. The van der Waals surface area contributed by atoms with E-state index in [-0.39, 0.29) is 12.3 Å². The number of aromatic nitrogens is 4. The second kappa shape index (κ2) is 7.67. The zero-order valence-electron chi connectivity index (χ0n) is 14.7. The third-order valence-electron chi connectivity index (χ3n) is 4.27. The number of benzene rings is 3. The molecule has 4 rings (SSSR count). The van der Waals surface area contributed by atoms with Crippen LogP contribution >= 0.6 is 0 Å². The molecule has 0 saturated heterocycles. The van der Waals surface area contributed by atoms with E-state index in [1.807, 2.05) is 42.5 Å². The highest BCUT2D eigenvalue weighted by Gasteiger charge is 2.11. The largest absolute Gasteiger partial charge is 0.273 e. The van der Waals surface area contributed by atoms with E-state index >= 15 is 0 Å². The Hall–Kier alpha value is -4.07. The lowest BCUT2D eigenvalue weighted by Crippen LogP contribution is -2.42. The second-order valence-electron chi connectivity index (χ2n) is 6.12. The van der Waals surface area contributed by atoms with Crippen LogP contribution in [0.4, 0.5) is 0 Å². The minimum absolute atomic E-state index is 0.159. The minimum atomic E-state index is -0.429. The van der Waals surface area contributed by atoms with Crippen LogP contribution in [0.25, 0.3) is 16.5 Å². The van der Waals surface area contributed by atoms with Crippen LogP contribution in [0.1, 0.15) is 15.9 Å². The smallest absolute Gasteiger partial charge is 0.269 e. The lowest BCUT2D eigenvalue weighted by atomic mass is 10.0. The van der Waals surface area contributed by atoms with E-state index in [0.717, 1.165) is 16.3 Å². The average molecular weight is 372 g/mol. The van der Waals surface area contributed by atoms with Crippen LogP contribution in [0.2, 0.25) is 0 Å². The van der Waals surface area contributed by atoms with E-state index in [1.165, 1.54) is 11.0 Å². The minimum Gasteiger partial charge on any atom is -0.273 e. The number of tetrazole rings is 1. The molecule has 0 unspecified atom stereocenters. The average Bonchev–Trinajstić information content (AvgIpc) is 3.27. The van der Waals surface area contributed by atoms with Gasteiger partial charge in [0.15, 0.2) is 0 Å². The molecule has 2 amide bonds. The number of hydrazine groups is 1. The van der Waals surface area contributed by atoms with Crippen LogP contribution in [0.15, 0.2) is 73.1 Å². The first-order chi connectivity index (χ1) is 13.7.